The first-order chi connectivity index (χ1) is 58.5. The van der Waals surface area contributed by atoms with Crippen LogP contribution in [0.4, 0.5) is 0 Å². The Bertz CT molecular complexity index is 7660. The van der Waals surface area contributed by atoms with Crippen LogP contribution in [0.2, 0.25) is 0 Å². The minimum absolute atomic E-state index is 0.587. The van der Waals surface area contributed by atoms with Crippen molar-refractivity contribution in [1.82, 2.24) is 49.8 Å². The Morgan fingerprint density at radius 3 is 1.00 bits per heavy atom. The van der Waals surface area contributed by atoms with E-state index in [0.717, 1.165) is 175 Å². The van der Waals surface area contributed by atoms with Crippen LogP contribution in [-0.4, -0.2) is 49.8 Å². The zero-order valence-corrected chi connectivity index (χ0v) is 64.5. The minimum Gasteiger partial charge on any atom is -0.455 e. The first-order valence-corrected chi connectivity index (χ1v) is 40.5. The van der Waals surface area contributed by atoms with Crippen LogP contribution in [0.5, 0.6) is 0 Å². The summed E-state index contributed by atoms with van der Waals surface area (Å²) in [4.78, 5) is 50.7. The largest absolute Gasteiger partial charge is 0.455 e. The van der Waals surface area contributed by atoms with Gasteiger partial charge in [-0.15, -0.1) is 22.7 Å². The van der Waals surface area contributed by atoms with E-state index >= 15 is 0 Å². The van der Waals surface area contributed by atoms with Gasteiger partial charge in [-0.25, -0.2) is 49.8 Å². The predicted octanol–water partition coefficient (Wildman–Crippen LogP) is 27.5. The molecule has 8 heterocycles. The summed E-state index contributed by atoms with van der Waals surface area (Å²) in [5.74, 6) is 5.10. The fraction of sp³-hybridized carbons (Fsp3) is 0. The second kappa shape index (κ2) is 29.5. The van der Waals surface area contributed by atoms with Gasteiger partial charge in [0.1, 0.15) is 22.3 Å². The molecular weight excluding hydrogens is 1490 g/mol. The van der Waals surface area contributed by atoms with Gasteiger partial charge in [0.15, 0.2) is 46.6 Å². The molecule has 0 spiro atoms. The van der Waals surface area contributed by atoms with Gasteiger partial charge in [-0.2, -0.15) is 0 Å². The van der Waals surface area contributed by atoms with E-state index in [9.17, 15) is 0 Å². The van der Waals surface area contributed by atoms with Crippen molar-refractivity contribution in [1.29, 1.82) is 0 Å². The van der Waals surface area contributed by atoms with Crippen LogP contribution in [0.3, 0.4) is 0 Å². The monoisotopic (exact) mass is 1550 g/mol. The first-order valence-electron chi connectivity index (χ1n) is 38.9. The topological polar surface area (TPSA) is 155 Å². The quantitative estimate of drug-likeness (QED) is 0.108. The van der Waals surface area contributed by atoms with Crippen molar-refractivity contribution in [3.8, 4) is 147 Å². The van der Waals surface area contributed by atoms with E-state index < -0.39 is 0 Å². The van der Waals surface area contributed by atoms with Gasteiger partial charge in [-0.1, -0.05) is 340 Å². The highest BCUT2D eigenvalue weighted by Gasteiger charge is 2.26. The van der Waals surface area contributed by atoms with Crippen molar-refractivity contribution in [2.75, 3.05) is 0 Å². The summed E-state index contributed by atoms with van der Waals surface area (Å²) >= 11 is 3.46. The summed E-state index contributed by atoms with van der Waals surface area (Å²) in [6.45, 7) is 0. The number of aromatic nitrogens is 10. The maximum absolute atomic E-state index is 6.79. The lowest BCUT2D eigenvalue weighted by atomic mass is 9.97. The molecule has 0 aliphatic carbocycles. The lowest BCUT2D eigenvalue weighted by Crippen LogP contribution is -2.00. The molecule has 118 heavy (non-hydrogen) atoms. The molecule has 23 rings (SSSR count). The summed E-state index contributed by atoms with van der Waals surface area (Å²) < 4.78 is 18.0. The number of fused-ring (bicyclic) bond motifs is 12. The number of hydrogen-bond acceptors (Lipinski definition) is 14. The molecule has 0 fully saturated rings. The molecule has 0 atom stereocenters. The van der Waals surface area contributed by atoms with Crippen LogP contribution >= 0.6 is 22.7 Å². The molecule has 14 heteroatoms. The number of benzene rings is 15. The van der Waals surface area contributed by atoms with E-state index in [1.165, 1.54) is 9.40 Å². The van der Waals surface area contributed by atoms with Crippen molar-refractivity contribution in [3.05, 3.63) is 376 Å². The van der Waals surface area contributed by atoms with Gasteiger partial charge in [0.05, 0.1) is 31.8 Å². The van der Waals surface area contributed by atoms with E-state index in [1.54, 1.807) is 22.7 Å². The molecule has 0 saturated carbocycles. The van der Waals surface area contributed by atoms with Gasteiger partial charge in [0, 0.05) is 103 Å². The van der Waals surface area contributed by atoms with Crippen LogP contribution in [0.15, 0.2) is 385 Å². The normalized spacial score (nSPS) is 11.6. The van der Waals surface area contributed by atoms with Crippen molar-refractivity contribution >= 4 is 107 Å². The summed E-state index contributed by atoms with van der Waals surface area (Å²) in [7, 11) is 0. The number of furan rings is 2. The summed E-state index contributed by atoms with van der Waals surface area (Å²) in [6.07, 6.45) is 0. The summed E-state index contributed by atoms with van der Waals surface area (Å²) in [5, 5.41) is 6.30. The standard InChI is InChI=1S/C55H33N5OS.C49H29N5OS/c1-4-15-34(16-5-1)39-21-12-22-40(33-39)54-56-48(51-49(57-54)42-23-10-11-28-46(42)62-51)36-31-29-35(30-32-36)41-24-13-25-43-47-44(26-14-27-45(47)61-50(41)43)55-59-52(37-17-6-2-7-18-37)58-53(60-55)38-19-8-3-9-20-38;1-4-14-31(15-5-1)46-50-42-36-20-10-11-25-40(36)56-45(42)43(51-46)38-23-12-22-37-41-35(21-13-24-39(41)55-44(37)38)30-26-28-34(29-27-30)49-53-47(32-16-6-2-7-17-32)52-48(54-49)33-18-8-3-9-19-33/h1-33H;1-29H. The van der Waals surface area contributed by atoms with Crippen LogP contribution in [0, 0.1) is 0 Å². The average Bonchev–Trinajstić information content (AvgIpc) is 1.57. The smallest absolute Gasteiger partial charge is 0.164 e. The van der Waals surface area contributed by atoms with E-state index in [0.29, 0.717) is 46.6 Å². The number of hydrogen-bond donors (Lipinski definition) is 0. The average molecular weight is 1550 g/mol. The highest BCUT2D eigenvalue weighted by Crippen LogP contribution is 2.48. The molecule has 0 radical (unpaired) electrons. The van der Waals surface area contributed by atoms with E-state index in [2.05, 4.69) is 212 Å². The van der Waals surface area contributed by atoms with Crippen LogP contribution in [0.1, 0.15) is 0 Å². The molecule has 552 valence electrons. The number of thiophene rings is 2. The molecule has 0 aliphatic heterocycles. The Morgan fingerprint density at radius 1 is 0.186 bits per heavy atom. The number of rotatable bonds is 13. The molecule has 0 bridgehead atoms. The molecule has 0 saturated heterocycles. The van der Waals surface area contributed by atoms with Gasteiger partial charge in [0.25, 0.3) is 0 Å². The van der Waals surface area contributed by atoms with Crippen LogP contribution in [-0.2, 0) is 0 Å². The third-order valence-electron chi connectivity index (χ3n) is 21.6. The fourth-order valence-electron chi connectivity index (χ4n) is 15.9. The van der Waals surface area contributed by atoms with Crippen LogP contribution in [0.25, 0.3) is 231 Å². The second-order valence-corrected chi connectivity index (χ2v) is 30.9. The van der Waals surface area contributed by atoms with Gasteiger partial charge in [-0.05, 0) is 64.2 Å². The van der Waals surface area contributed by atoms with E-state index in [1.807, 2.05) is 164 Å². The molecule has 0 N–H and O–H groups in total. The van der Waals surface area contributed by atoms with Crippen LogP contribution < -0.4 is 0 Å². The van der Waals surface area contributed by atoms with Gasteiger partial charge < -0.3 is 8.83 Å². The van der Waals surface area contributed by atoms with Crippen molar-refractivity contribution < 1.29 is 8.83 Å². The molecular formula is C104H62N10O2S2. The van der Waals surface area contributed by atoms with Gasteiger partial charge in [-0.3, -0.25) is 0 Å². The Labute approximate surface area is 684 Å². The molecule has 12 nitrogen and oxygen atoms in total. The maximum atomic E-state index is 6.79. The zero-order valence-electron chi connectivity index (χ0n) is 62.9. The third kappa shape index (κ3) is 12.7. The van der Waals surface area contributed by atoms with Gasteiger partial charge >= 0.3 is 0 Å². The Kier molecular flexibility index (Phi) is 17.3. The predicted molar refractivity (Wildman–Crippen MR) is 482 cm³/mol. The van der Waals surface area contributed by atoms with E-state index in [-0.39, 0.29) is 0 Å². The second-order valence-electron chi connectivity index (χ2n) is 28.8. The highest BCUT2D eigenvalue weighted by atomic mass is 32.1. The Morgan fingerprint density at radius 2 is 0.500 bits per heavy atom. The van der Waals surface area contributed by atoms with Crippen molar-refractivity contribution in [2.24, 2.45) is 0 Å². The molecule has 15 aromatic carbocycles. The number of para-hydroxylation sites is 2. The van der Waals surface area contributed by atoms with E-state index in [4.69, 9.17) is 58.7 Å². The minimum atomic E-state index is 0.587. The Hall–Kier alpha value is -15.5. The van der Waals surface area contributed by atoms with Crippen molar-refractivity contribution in [3.63, 3.8) is 0 Å². The lowest BCUT2D eigenvalue weighted by molar-refractivity contribution is 0.669. The molecule has 0 unspecified atom stereocenters. The first kappa shape index (κ1) is 69.3. The molecule has 8 aromatic heterocycles. The fourth-order valence-corrected chi connectivity index (χ4v) is 18.2. The van der Waals surface area contributed by atoms with Gasteiger partial charge in [0.2, 0.25) is 0 Å². The van der Waals surface area contributed by atoms with Crippen molar-refractivity contribution in [2.45, 2.75) is 0 Å². The Balaban J connectivity index is 0.000000143. The summed E-state index contributed by atoms with van der Waals surface area (Å²) in [6, 6.07) is 128. The maximum Gasteiger partial charge on any atom is 0.164 e. The zero-order chi connectivity index (χ0) is 78.0. The number of nitrogens with zero attached hydrogens (tertiary/aromatic N) is 10. The lowest BCUT2D eigenvalue weighted by Gasteiger charge is -2.10. The molecule has 23 aromatic rings. The SMILES string of the molecule is c1ccc(-c2cccc(-c3nc(-c4ccc(-c5cccc6c5oc5cccc(-c7nc(-c8ccccc8)nc(-c8ccccc8)n7)c56)cc4)c4sc5ccccc5c4n3)c2)cc1.c1ccc(-c2nc(-c3ccccc3)nc(-c3ccc(-c4cccc5oc6c(-c7nc(-c8ccccc8)nc8c7sc7ccccc78)cccc6c45)cc3)n2)cc1. The molecule has 0 amide bonds. The summed E-state index contributed by atoms with van der Waals surface area (Å²) in [5.41, 5.74) is 22.8. The third-order valence-corrected chi connectivity index (χ3v) is 23.9. The molecule has 0 aliphatic rings. The highest BCUT2D eigenvalue weighted by molar-refractivity contribution is 7.26.